The van der Waals surface area contributed by atoms with Crippen molar-refractivity contribution in [3.05, 3.63) is 42.5 Å². The summed E-state index contributed by atoms with van der Waals surface area (Å²) >= 11 is 0. The van der Waals surface area contributed by atoms with Crippen LogP contribution >= 0.6 is 0 Å². The number of carbonyl (C=O) groups is 1. The predicted molar refractivity (Wildman–Crippen MR) is 88.0 cm³/mol. The average Bonchev–Trinajstić information content (AvgIpc) is 3.26. The Labute approximate surface area is 131 Å². The molecule has 2 atom stereocenters. The molecule has 1 aromatic carbocycles. The number of benzene rings is 1. The van der Waals surface area contributed by atoms with Crippen molar-refractivity contribution in [2.24, 2.45) is 5.92 Å². The minimum atomic E-state index is -0.132. The zero-order chi connectivity index (χ0) is 15.4. The molecule has 118 valence electrons. The fourth-order valence-corrected chi connectivity index (χ4v) is 3.10. The Morgan fingerprint density at radius 3 is 2.91 bits per heavy atom. The van der Waals surface area contributed by atoms with Crippen molar-refractivity contribution in [2.75, 3.05) is 11.9 Å². The van der Waals surface area contributed by atoms with Crippen molar-refractivity contribution in [1.29, 1.82) is 0 Å². The van der Waals surface area contributed by atoms with E-state index in [0.717, 1.165) is 37.1 Å². The number of hydrogen-bond acceptors (Lipinski definition) is 2. The van der Waals surface area contributed by atoms with Crippen LogP contribution in [0.15, 0.2) is 36.9 Å². The number of anilines is 1. The van der Waals surface area contributed by atoms with Gasteiger partial charge >= 0.3 is 6.03 Å². The number of rotatable bonds is 6. The van der Waals surface area contributed by atoms with Crippen LogP contribution in [0.4, 0.5) is 10.5 Å². The van der Waals surface area contributed by atoms with Crippen LogP contribution in [0.3, 0.4) is 0 Å². The maximum absolute atomic E-state index is 12.3. The lowest BCUT2D eigenvalue weighted by atomic mass is 10.1. The molecule has 1 saturated heterocycles. The molecule has 1 aliphatic carbocycles. The highest BCUT2D eigenvalue weighted by atomic mass is 16.5. The summed E-state index contributed by atoms with van der Waals surface area (Å²) in [5, 5.41) is 6.07. The topological polar surface area (TPSA) is 50.4 Å². The van der Waals surface area contributed by atoms with Crippen molar-refractivity contribution in [2.45, 2.75) is 44.2 Å². The van der Waals surface area contributed by atoms with Crippen LogP contribution in [0, 0.1) is 5.92 Å². The van der Waals surface area contributed by atoms with Crippen molar-refractivity contribution in [1.82, 2.24) is 5.32 Å². The summed E-state index contributed by atoms with van der Waals surface area (Å²) < 4.78 is 5.76. The van der Waals surface area contributed by atoms with Gasteiger partial charge in [0.25, 0.3) is 0 Å². The van der Waals surface area contributed by atoms with Gasteiger partial charge in [-0.15, -0.1) is 6.58 Å². The standard InChI is InChI=1S/C18H24N2O2/c1-2-3-6-13-7-4-5-8-15(13)19-18(21)20-16-11-12-22-17(16)14-9-10-14/h2,4-5,7-8,14,16-17H,1,3,6,9-12H2,(H2,19,20,21)/t16-,17+/m1/s1. The fraction of sp³-hybridized carbons (Fsp3) is 0.500. The van der Waals surface area contributed by atoms with E-state index in [-0.39, 0.29) is 18.2 Å². The first kappa shape index (κ1) is 15.1. The van der Waals surface area contributed by atoms with E-state index in [1.165, 1.54) is 12.8 Å². The molecule has 4 nitrogen and oxygen atoms in total. The molecule has 2 amide bonds. The van der Waals surface area contributed by atoms with Gasteiger partial charge in [0.15, 0.2) is 0 Å². The molecule has 2 N–H and O–H groups in total. The van der Waals surface area contributed by atoms with E-state index in [9.17, 15) is 4.79 Å². The maximum Gasteiger partial charge on any atom is 0.319 e. The number of nitrogens with one attached hydrogen (secondary N) is 2. The number of urea groups is 1. The molecule has 1 aromatic rings. The molecule has 22 heavy (non-hydrogen) atoms. The summed E-state index contributed by atoms with van der Waals surface area (Å²) in [6, 6.07) is 7.94. The second-order valence-electron chi connectivity index (χ2n) is 6.15. The molecule has 1 saturated carbocycles. The molecule has 4 heteroatoms. The Bertz CT molecular complexity index is 540. The largest absolute Gasteiger partial charge is 0.376 e. The van der Waals surface area contributed by atoms with E-state index in [0.29, 0.717) is 5.92 Å². The van der Waals surface area contributed by atoms with Gasteiger partial charge in [0, 0.05) is 12.3 Å². The third kappa shape index (κ3) is 3.69. The molecule has 0 spiro atoms. The number of ether oxygens (including phenoxy) is 1. The molecule has 0 aromatic heterocycles. The summed E-state index contributed by atoms with van der Waals surface area (Å²) in [4.78, 5) is 12.3. The number of carbonyl (C=O) groups excluding carboxylic acids is 1. The van der Waals surface area contributed by atoms with Crippen molar-refractivity contribution in [3.63, 3.8) is 0 Å². The van der Waals surface area contributed by atoms with E-state index < -0.39 is 0 Å². The molecular weight excluding hydrogens is 276 g/mol. The number of hydrogen-bond donors (Lipinski definition) is 2. The molecule has 2 aliphatic rings. The molecule has 0 unspecified atom stereocenters. The first-order valence-corrected chi connectivity index (χ1v) is 8.16. The number of allylic oxidation sites excluding steroid dienone is 1. The van der Waals surface area contributed by atoms with Crippen LogP contribution in [-0.2, 0) is 11.2 Å². The molecule has 3 rings (SSSR count). The lowest BCUT2D eigenvalue weighted by Crippen LogP contribution is -2.43. The third-order valence-electron chi connectivity index (χ3n) is 4.42. The lowest BCUT2D eigenvalue weighted by Gasteiger charge is -2.20. The second kappa shape index (κ2) is 6.97. The average molecular weight is 300 g/mol. The normalized spacial score (nSPS) is 24.0. The van der Waals surface area contributed by atoms with Gasteiger partial charge < -0.3 is 15.4 Å². The van der Waals surface area contributed by atoms with Crippen molar-refractivity contribution >= 4 is 11.7 Å². The number of amides is 2. The molecule has 1 aliphatic heterocycles. The van der Waals surface area contributed by atoms with E-state index in [4.69, 9.17) is 4.74 Å². The summed E-state index contributed by atoms with van der Waals surface area (Å²) in [6.07, 6.45) is 7.27. The van der Waals surface area contributed by atoms with Crippen LogP contribution in [0.1, 0.15) is 31.2 Å². The third-order valence-corrected chi connectivity index (χ3v) is 4.42. The van der Waals surface area contributed by atoms with Crippen LogP contribution in [0.2, 0.25) is 0 Å². The van der Waals surface area contributed by atoms with Gasteiger partial charge in [-0.2, -0.15) is 0 Å². The van der Waals surface area contributed by atoms with Gasteiger partial charge in [0.05, 0.1) is 12.1 Å². The Kier molecular flexibility index (Phi) is 4.78. The first-order chi connectivity index (χ1) is 10.8. The molecular formula is C18H24N2O2. The van der Waals surface area contributed by atoms with Crippen molar-refractivity contribution in [3.8, 4) is 0 Å². The monoisotopic (exact) mass is 300 g/mol. The van der Waals surface area contributed by atoms with E-state index in [1.807, 2.05) is 30.3 Å². The van der Waals surface area contributed by atoms with Crippen LogP contribution in [0.5, 0.6) is 0 Å². The Hall–Kier alpha value is -1.81. The van der Waals surface area contributed by atoms with Crippen molar-refractivity contribution < 1.29 is 9.53 Å². The Morgan fingerprint density at radius 1 is 1.32 bits per heavy atom. The lowest BCUT2D eigenvalue weighted by molar-refractivity contribution is 0.0829. The Morgan fingerprint density at radius 2 is 2.14 bits per heavy atom. The molecule has 0 radical (unpaired) electrons. The van der Waals surface area contributed by atoms with Crippen LogP contribution in [0.25, 0.3) is 0 Å². The number of para-hydroxylation sites is 1. The smallest absolute Gasteiger partial charge is 0.319 e. The SMILES string of the molecule is C=CCCc1ccccc1NC(=O)N[C@@H]1CCO[C@H]1C1CC1. The minimum absolute atomic E-state index is 0.132. The Balaban J connectivity index is 1.58. The highest BCUT2D eigenvalue weighted by Crippen LogP contribution is 2.38. The molecule has 1 heterocycles. The van der Waals surface area contributed by atoms with Gasteiger partial charge in [0.1, 0.15) is 0 Å². The summed E-state index contributed by atoms with van der Waals surface area (Å²) in [5.74, 6) is 0.646. The summed E-state index contributed by atoms with van der Waals surface area (Å²) in [5.41, 5.74) is 2.02. The molecule has 0 bridgehead atoms. The summed E-state index contributed by atoms with van der Waals surface area (Å²) in [6.45, 7) is 4.50. The molecule has 2 fully saturated rings. The van der Waals surface area contributed by atoms with Gasteiger partial charge in [-0.05, 0) is 49.7 Å². The zero-order valence-electron chi connectivity index (χ0n) is 12.9. The van der Waals surface area contributed by atoms with E-state index in [2.05, 4.69) is 17.2 Å². The van der Waals surface area contributed by atoms with Gasteiger partial charge in [-0.3, -0.25) is 0 Å². The number of aryl methyl sites for hydroxylation is 1. The van der Waals surface area contributed by atoms with E-state index in [1.54, 1.807) is 0 Å². The zero-order valence-corrected chi connectivity index (χ0v) is 12.9. The minimum Gasteiger partial charge on any atom is -0.376 e. The maximum atomic E-state index is 12.3. The highest BCUT2D eigenvalue weighted by molar-refractivity contribution is 5.90. The van der Waals surface area contributed by atoms with Gasteiger partial charge in [0.2, 0.25) is 0 Å². The second-order valence-corrected chi connectivity index (χ2v) is 6.15. The highest BCUT2D eigenvalue weighted by Gasteiger charge is 2.41. The van der Waals surface area contributed by atoms with Crippen LogP contribution < -0.4 is 10.6 Å². The fourth-order valence-electron chi connectivity index (χ4n) is 3.10. The summed E-state index contributed by atoms with van der Waals surface area (Å²) in [7, 11) is 0. The van der Waals surface area contributed by atoms with Gasteiger partial charge in [-0.25, -0.2) is 4.79 Å². The quantitative estimate of drug-likeness (QED) is 0.790. The van der Waals surface area contributed by atoms with Gasteiger partial charge in [-0.1, -0.05) is 24.3 Å². The predicted octanol–water partition coefficient (Wildman–Crippen LogP) is 3.49. The van der Waals surface area contributed by atoms with Crippen LogP contribution in [-0.4, -0.2) is 24.8 Å². The first-order valence-electron chi connectivity index (χ1n) is 8.16. The van der Waals surface area contributed by atoms with E-state index >= 15 is 0 Å².